The first-order valence-electron chi connectivity index (χ1n) is 13.4. The maximum absolute atomic E-state index is 11.9. The van der Waals surface area contributed by atoms with Gasteiger partial charge in [0, 0.05) is 0 Å². The number of rotatable bonds is 13. The van der Waals surface area contributed by atoms with Crippen LogP contribution < -0.4 is 0 Å². The minimum atomic E-state index is -1.46. The minimum absolute atomic E-state index is 0.0551. The third-order valence-corrected chi connectivity index (χ3v) is 7.29. The van der Waals surface area contributed by atoms with E-state index in [1.807, 2.05) is 24.3 Å². The molecule has 4 aromatic rings. The SMILES string of the molecule is O=C=NC(C=CCC(N=C=O)C(N=C=O)(c1ccccc1)c1ccccc1)C(N=C=O)(c1ccccc1)c1ccccc1. The lowest BCUT2D eigenvalue weighted by Gasteiger charge is -2.34. The van der Waals surface area contributed by atoms with Crippen molar-refractivity contribution in [2.45, 2.75) is 29.6 Å². The predicted octanol–water partition coefficient (Wildman–Crippen LogP) is 5.90. The van der Waals surface area contributed by atoms with Gasteiger partial charge in [0.25, 0.3) is 0 Å². The molecule has 8 heteroatoms. The van der Waals surface area contributed by atoms with Crippen LogP contribution in [0.15, 0.2) is 153 Å². The first-order valence-corrected chi connectivity index (χ1v) is 13.4. The number of isocyanates is 4. The Morgan fingerprint density at radius 1 is 0.512 bits per heavy atom. The molecule has 210 valence electrons. The lowest BCUT2D eigenvalue weighted by atomic mass is 9.75. The summed E-state index contributed by atoms with van der Waals surface area (Å²) in [4.78, 5) is 64.0. The van der Waals surface area contributed by atoms with E-state index in [1.54, 1.807) is 134 Å². The smallest absolute Gasteiger partial charge is 0.211 e. The van der Waals surface area contributed by atoms with E-state index in [1.165, 1.54) is 0 Å². The van der Waals surface area contributed by atoms with Crippen molar-refractivity contribution in [3.8, 4) is 0 Å². The van der Waals surface area contributed by atoms with Crippen LogP contribution in [0.5, 0.6) is 0 Å². The van der Waals surface area contributed by atoms with Crippen molar-refractivity contribution >= 4 is 24.3 Å². The van der Waals surface area contributed by atoms with Gasteiger partial charge in [-0.05, 0) is 28.7 Å². The second kappa shape index (κ2) is 14.7. The second-order valence-corrected chi connectivity index (χ2v) is 9.47. The molecule has 0 aliphatic heterocycles. The second-order valence-electron chi connectivity index (χ2n) is 9.47. The molecule has 0 saturated heterocycles. The monoisotopic (exact) mass is 566 g/mol. The summed E-state index contributed by atoms with van der Waals surface area (Å²) in [5, 5.41) is 0. The van der Waals surface area contributed by atoms with Crippen LogP contribution >= 0.6 is 0 Å². The summed E-state index contributed by atoms with van der Waals surface area (Å²) >= 11 is 0. The summed E-state index contributed by atoms with van der Waals surface area (Å²) in [5.74, 6) is 0. The Kier molecular flexibility index (Phi) is 10.3. The van der Waals surface area contributed by atoms with E-state index in [9.17, 15) is 19.2 Å². The Morgan fingerprint density at radius 3 is 1.26 bits per heavy atom. The van der Waals surface area contributed by atoms with Gasteiger partial charge in [0.2, 0.25) is 24.3 Å². The Hall–Kier alpha value is -5.86. The van der Waals surface area contributed by atoms with Crippen molar-refractivity contribution < 1.29 is 19.2 Å². The molecule has 2 unspecified atom stereocenters. The van der Waals surface area contributed by atoms with Gasteiger partial charge < -0.3 is 0 Å². The first kappa shape index (κ1) is 30.1. The molecule has 0 heterocycles. The van der Waals surface area contributed by atoms with E-state index in [0.717, 1.165) is 0 Å². The fourth-order valence-electron chi connectivity index (χ4n) is 5.42. The maximum Gasteiger partial charge on any atom is 0.236 e. The fraction of sp³-hybridized carbons (Fsp3) is 0.143. The molecule has 0 N–H and O–H groups in total. The van der Waals surface area contributed by atoms with Gasteiger partial charge in [-0.1, -0.05) is 133 Å². The molecule has 4 rings (SSSR count). The van der Waals surface area contributed by atoms with E-state index in [4.69, 9.17) is 0 Å². The third-order valence-electron chi connectivity index (χ3n) is 7.29. The van der Waals surface area contributed by atoms with Gasteiger partial charge in [-0.25, -0.2) is 19.2 Å². The zero-order valence-electron chi connectivity index (χ0n) is 23.0. The van der Waals surface area contributed by atoms with Crippen LogP contribution in [0.3, 0.4) is 0 Å². The van der Waals surface area contributed by atoms with Gasteiger partial charge in [-0.3, -0.25) is 0 Å². The third kappa shape index (κ3) is 6.24. The van der Waals surface area contributed by atoms with Crippen LogP contribution in [0.2, 0.25) is 0 Å². The van der Waals surface area contributed by atoms with Crippen LogP contribution in [0.4, 0.5) is 0 Å². The van der Waals surface area contributed by atoms with Crippen molar-refractivity contribution in [1.82, 2.24) is 0 Å². The molecule has 4 aromatic carbocycles. The maximum atomic E-state index is 11.9. The van der Waals surface area contributed by atoms with E-state index < -0.39 is 23.2 Å². The van der Waals surface area contributed by atoms with Gasteiger partial charge in [-0.2, -0.15) is 20.0 Å². The number of hydrogen-bond acceptors (Lipinski definition) is 8. The fourth-order valence-corrected chi connectivity index (χ4v) is 5.42. The average Bonchev–Trinajstić information content (AvgIpc) is 3.07. The number of nitrogens with zero attached hydrogens (tertiary/aromatic N) is 4. The predicted molar refractivity (Wildman–Crippen MR) is 161 cm³/mol. The molecule has 0 aliphatic carbocycles. The molecule has 0 fully saturated rings. The van der Waals surface area contributed by atoms with Crippen molar-refractivity contribution in [3.05, 3.63) is 156 Å². The highest BCUT2D eigenvalue weighted by Gasteiger charge is 2.44. The normalized spacial score (nSPS) is 12.5. The number of hydrogen-bond donors (Lipinski definition) is 0. The molecule has 0 radical (unpaired) electrons. The first-order chi connectivity index (χ1) is 21.2. The lowest BCUT2D eigenvalue weighted by molar-refractivity contribution is 0.417. The Labute approximate surface area is 248 Å². The number of carbonyl (C=O) groups excluding carboxylic acids is 4. The molecule has 0 amide bonds. The number of aliphatic imine (C=N–C) groups is 4. The van der Waals surface area contributed by atoms with E-state index >= 15 is 0 Å². The van der Waals surface area contributed by atoms with Crippen molar-refractivity contribution in [3.63, 3.8) is 0 Å². The van der Waals surface area contributed by atoms with Crippen molar-refractivity contribution in [1.29, 1.82) is 0 Å². The zero-order chi connectivity index (χ0) is 30.4. The largest absolute Gasteiger partial charge is 0.236 e. The number of benzene rings is 4. The van der Waals surface area contributed by atoms with Crippen LogP contribution in [0.1, 0.15) is 28.7 Å². The van der Waals surface area contributed by atoms with Gasteiger partial charge in [0.05, 0.1) is 0 Å². The molecule has 43 heavy (non-hydrogen) atoms. The topological polar surface area (TPSA) is 118 Å². The van der Waals surface area contributed by atoms with Crippen LogP contribution in [0, 0.1) is 0 Å². The highest BCUT2D eigenvalue weighted by atomic mass is 16.1. The summed E-state index contributed by atoms with van der Waals surface area (Å²) in [7, 11) is 0. The molecular weight excluding hydrogens is 540 g/mol. The summed E-state index contributed by atoms with van der Waals surface area (Å²) in [6.07, 6.45) is 9.92. The molecule has 2 atom stereocenters. The van der Waals surface area contributed by atoms with Crippen molar-refractivity contribution in [2.24, 2.45) is 20.0 Å². The molecule has 0 bridgehead atoms. The van der Waals surface area contributed by atoms with Gasteiger partial charge in [-0.15, -0.1) is 0 Å². The summed E-state index contributed by atoms with van der Waals surface area (Å²) < 4.78 is 0. The highest BCUT2D eigenvalue weighted by molar-refractivity contribution is 5.51. The van der Waals surface area contributed by atoms with Gasteiger partial charge >= 0.3 is 0 Å². The molecule has 0 aliphatic rings. The van der Waals surface area contributed by atoms with E-state index in [2.05, 4.69) is 20.0 Å². The molecule has 0 spiro atoms. The molecule has 8 nitrogen and oxygen atoms in total. The lowest BCUT2D eigenvalue weighted by Crippen LogP contribution is -2.38. The zero-order valence-corrected chi connectivity index (χ0v) is 23.0. The highest BCUT2D eigenvalue weighted by Crippen LogP contribution is 2.42. The summed E-state index contributed by atoms with van der Waals surface area (Å²) in [5.41, 5.74) is -0.482. The van der Waals surface area contributed by atoms with Crippen LogP contribution in [-0.4, -0.2) is 36.4 Å². The Balaban J connectivity index is 1.89. The standard InChI is InChI=1S/C35H26N4O4/c40-24-36-32(34(38-26-42,28-14-5-1-6-15-28)29-16-7-2-8-17-29)22-13-23-33(37-25-41)35(39-27-43,30-18-9-3-10-19-30)31-20-11-4-12-21-31/h1-22,32-33H,23H2. The molecule has 0 aromatic heterocycles. The van der Waals surface area contributed by atoms with E-state index in [0.29, 0.717) is 22.3 Å². The quantitative estimate of drug-likeness (QED) is 0.114. The van der Waals surface area contributed by atoms with Crippen molar-refractivity contribution in [2.75, 3.05) is 0 Å². The Bertz CT molecular complexity index is 1640. The molecular formula is C35H26N4O4. The van der Waals surface area contributed by atoms with Crippen LogP contribution in [-0.2, 0) is 30.3 Å². The van der Waals surface area contributed by atoms with E-state index in [-0.39, 0.29) is 6.42 Å². The van der Waals surface area contributed by atoms with Crippen LogP contribution in [0.25, 0.3) is 0 Å². The summed E-state index contributed by atoms with van der Waals surface area (Å²) in [6, 6.07) is 33.9. The van der Waals surface area contributed by atoms with Gasteiger partial charge in [0.1, 0.15) is 23.2 Å². The van der Waals surface area contributed by atoms with Gasteiger partial charge in [0.15, 0.2) is 0 Å². The summed E-state index contributed by atoms with van der Waals surface area (Å²) in [6.45, 7) is 0. The molecule has 0 saturated carbocycles. The minimum Gasteiger partial charge on any atom is -0.211 e. The Morgan fingerprint density at radius 2 is 0.884 bits per heavy atom. The average molecular weight is 567 g/mol.